The van der Waals surface area contributed by atoms with Crippen LogP contribution in [0.5, 0.6) is 0 Å². The van der Waals surface area contributed by atoms with Crippen molar-refractivity contribution in [1.29, 1.82) is 0 Å². The van der Waals surface area contributed by atoms with E-state index >= 15 is 0 Å². The van der Waals surface area contributed by atoms with Crippen molar-refractivity contribution < 1.29 is 4.79 Å². The molecule has 0 saturated carbocycles. The maximum Gasteiger partial charge on any atom is 0.186 e. The molecule has 0 spiro atoms. The van der Waals surface area contributed by atoms with Crippen molar-refractivity contribution in [2.24, 2.45) is 0 Å². The molecule has 0 amide bonds. The lowest BCUT2D eigenvalue weighted by molar-refractivity contribution is -0.109. The minimum atomic E-state index is 0.125. The molecule has 0 atom stereocenters. The molecular weight excluding hydrogens is 196 g/mol. The van der Waals surface area contributed by atoms with E-state index < -0.39 is 0 Å². The quantitative estimate of drug-likeness (QED) is 0.762. The van der Waals surface area contributed by atoms with Gasteiger partial charge >= 0.3 is 0 Å². The van der Waals surface area contributed by atoms with Gasteiger partial charge in [0.25, 0.3) is 0 Å². The Bertz CT molecular complexity index is 350. The average molecular weight is 208 g/mol. The Balaban J connectivity index is 2.47. The summed E-state index contributed by atoms with van der Waals surface area (Å²) < 4.78 is 0. The molecule has 0 saturated heterocycles. The zero-order chi connectivity index (χ0) is 10.4. The fourth-order valence-electron chi connectivity index (χ4n) is 0.868. The van der Waals surface area contributed by atoms with Crippen LogP contribution in [-0.2, 0) is 4.79 Å². The summed E-state index contributed by atoms with van der Waals surface area (Å²) in [7, 11) is 0. The Kier molecular flexibility index (Phi) is 4.32. The number of aromatic nitrogens is 2. The maximum absolute atomic E-state index is 10.6. The molecule has 1 heterocycles. The third kappa shape index (κ3) is 4.18. The smallest absolute Gasteiger partial charge is 0.186 e. The van der Waals surface area contributed by atoms with Gasteiger partial charge in [0, 0.05) is 24.6 Å². The molecule has 1 rings (SSSR count). The lowest BCUT2D eigenvalue weighted by Crippen LogP contribution is -1.89. The summed E-state index contributed by atoms with van der Waals surface area (Å²) in [6.45, 7) is 3.48. The average Bonchev–Trinajstić information content (AvgIpc) is 2.12. The number of carbonyl (C=O) groups excluding carboxylic acids is 1. The number of hydrogen-bond donors (Lipinski definition) is 0. The van der Waals surface area contributed by atoms with Gasteiger partial charge in [-0.05, 0) is 19.1 Å². The molecule has 14 heavy (non-hydrogen) atoms. The summed E-state index contributed by atoms with van der Waals surface area (Å²) in [5, 5.41) is 0.125. The molecule has 4 heteroatoms. The highest BCUT2D eigenvalue weighted by Crippen LogP contribution is 2.02. The van der Waals surface area contributed by atoms with Gasteiger partial charge in [0.05, 0.1) is 0 Å². The first-order chi connectivity index (χ1) is 6.68. The van der Waals surface area contributed by atoms with Gasteiger partial charge in [-0.15, -0.1) is 0 Å². The number of aryl methyl sites for hydroxylation is 1. The zero-order valence-corrected chi connectivity index (χ0v) is 9.04. The van der Waals surface area contributed by atoms with E-state index in [1.807, 2.05) is 25.1 Å². The van der Waals surface area contributed by atoms with Crippen molar-refractivity contribution in [1.82, 2.24) is 9.97 Å². The van der Waals surface area contributed by atoms with Crippen molar-refractivity contribution in [2.45, 2.75) is 13.8 Å². The Morgan fingerprint density at radius 3 is 3.07 bits per heavy atom. The van der Waals surface area contributed by atoms with Gasteiger partial charge in [0.1, 0.15) is 0 Å². The summed E-state index contributed by atoms with van der Waals surface area (Å²) in [5.74, 6) is 1.36. The highest BCUT2D eigenvalue weighted by atomic mass is 32.2. The standard InChI is InChI=1S/C10H12N2OS/c1-8-5-6-11-10(12-8)4-3-7-14-9(2)13/h3-6H,7H2,1-2H3. The molecule has 0 aliphatic carbocycles. The first-order valence-corrected chi connectivity index (χ1v) is 5.26. The van der Waals surface area contributed by atoms with E-state index in [1.165, 1.54) is 11.8 Å². The Hall–Kier alpha value is -1.16. The van der Waals surface area contributed by atoms with Crippen LogP contribution in [0, 0.1) is 6.92 Å². The predicted molar refractivity (Wildman–Crippen MR) is 58.9 cm³/mol. The van der Waals surface area contributed by atoms with Crippen LogP contribution >= 0.6 is 11.8 Å². The first kappa shape index (κ1) is 10.9. The fourth-order valence-corrected chi connectivity index (χ4v) is 1.29. The van der Waals surface area contributed by atoms with Crippen molar-refractivity contribution >= 4 is 23.0 Å². The molecule has 1 aromatic heterocycles. The topological polar surface area (TPSA) is 42.9 Å². The number of rotatable bonds is 3. The van der Waals surface area contributed by atoms with Gasteiger partial charge in [-0.3, -0.25) is 4.79 Å². The zero-order valence-electron chi connectivity index (χ0n) is 8.23. The molecule has 0 aliphatic heterocycles. The van der Waals surface area contributed by atoms with Crippen LogP contribution in [0.1, 0.15) is 18.4 Å². The molecule has 0 aliphatic rings. The monoisotopic (exact) mass is 208 g/mol. The summed E-state index contributed by atoms with van der Waals surface area (Å²) >= 11 is 1.27. The van der Waals surface area contributed by atoms with E-state index in [0.29, 0.717) is 11.6 Å². The molecule has 74 valence electrons. The minimum absolute atomic E-state index is 0.125. The van der Waals surface area contributed by atoms with E-state index in [4.69, 9.17) is 0 Å². The SMILES string of the molecule is CC(=O)SCC=Cc1nccc(C)n1. The van der Waals surface area contributed by atoms with Crippen LogP contribution in [0.25, 0.3) is 6.08 Å². The summed E-state index contributed by atoms with van der Waals surface area (Å²) in [4.78, 5) is 18.9. The number of carbonyl (C=O) groups is 1. The van der Waals surface area contributed by atoms with Gasteiger partial charge < -0.3 is 0 Å². The lowest BCUT2D eigenvalue weighted by Gasteiger charge is -1.93. The van der Waals surface area contributed by atoms with Crippen molar-refractivity contribution in [3.63, 3.8) is 0 Å². The molecular formula is C10H12N2OS. The molecule has 0 radical (unpaired) electrons. The second-order valence-corrected chi connectivity index (χ2v) is 3.96. The van der Waals surface area contributed by atoms with E-state index in [1.54, 1.807) is 13.1 Å². The highest BCUT2D eigenvalue weighted by molar-refractivity contribution is 8.13. The number of nitrogens with zero attached hydrogens (tertiary/aromatic N) is 2. The molecule has 3 nitrogen and oxygen atoms in total. The third-order valence-corrected chi connectivity index (χ3v) is 2.23. The van der Waals surface area contributed by atoms with Crippen LogP contribution in [0.3, 0.4) is 0 Å². The predicted octanol–water partition coefficient (Wildman–Crippen LogP) is 2.08. The lowest BCUT2D eigenvalue weighted by atomic mass is 10.4. The van der Waals surface area contributed by atoms with E-state index in [2.05, 4.69) is 9.97 Å². The van der Waals surface area contributed by atoms with Crippen LogP contribution in [0.15, 0.2) is 18.3 Å². The van der Waals surface area contributed by atoms with E-state index in [0.717, 1.165) is 5.69 Å². The van der Waals surface area contributed by atoms with Crippen molar-refractivity contribution in [3.05, 3.63) is 29.9 Å². The Labute approximate surface area is 87.7 Å². The van der Waals surface area contributed by atoms with Gasteiger partial charge in [-0.2, -0.15) is 0 Å². The maximum atomic E-state index is 10.6. The molecule has 0 unspecified atom stereocenters. The molecule has 0 fully saturated rings. The third-order valence-electron chi connectivity index (χ3n) is 1.46. The van der Waals surface area contributed by atoms with Gasteiger partial charge in [-0.25, -0.2) is 9.97 Å². The van der Waals surface area contributed by atoms with Gasteiger partial charge in [0.2, 0.25) is 0 Å². The van der Waals surface area contributed by atoms with E-state index in [9.17, 15) is 4.79 Å². The summed E-state index contributed by atoms with van der Waals surface area (Å²) in [6.07, 6.45) is 5.43. The Morgan fingerprint density at radius 1 is 1.64 bits per heavy atom. The minimum Gasteiger partial charge on any atom is -0.288 e. The van der Waals surface area contributed by atoms with Gasteiger partial charge in [0.15, 0.2) is 10.9 Å². The van der Waals surface area contributed by atoms with Gasteiger partial charge in [-0.1, -0.05) is 17.8 Å². The Morgan fingerprint density at radius 2 is 2.43 bits per heavy atom. The second kappa shape index (κ2) is 5.54. The second-order valence-electron chi connectivity index (χ2n) is 2.76. The molecule has 1 aromatic rings. The van der Waals surface area contributed by atoms with Crippen LogP contribution < -0.4 is 0 Å². The van der Waals surface area contributed by atoms with E-state index in [-0.39, 0.29) is 5.12 Å². The molecule has 0 aromatic carbocycles. The largest absolute Gasteiger partial charge is 0.288 e. The fraction of sp³-hybridized carbons (Fsp3) is 0.300. The number of thioether (sulfide) groups is 1. The molecule has 0 N–H and O–H groups in total. The highest BCUT2D eigenvalue weighted by Gasteiger charge is 1.91. The van der Waals surface area contributed by atoms with Crippen LogP contribution in [0.4, 0.5) is 0 Å². The van der Waals surface area contributed by atoms with Crippen molar-refractivity contribution in [3.8, 4) is 0 Å². The normalized spacial score (nSPS) is 10.7. The molecule has 0 bridgehead atoms. The number of hydrogen-bond acceptors (Lipinski definition) is 4. The summed E-state index contributed by atoms with van der Waals surface area (Å²) in [6, 6.07) is 1.85. The summed E-state index contributed by atoms with van der Waals surface area (Å²) in [5.41, 5.74) is 0.943. The van der Waals surface area contributed by atoms with Crippen LogP contribution in [-0.4, -0.2) is 20.8 Å². The van der Waals surface area contributed by atoms with Crippen molar-refractivity contribution in [2.75, 3.05) is 5.75 Å². The van der Waals surface area contributed by atoms with Crippen LogP contribution in [0.2, 0.25) is 0 Å². The first-order valence-electron chi connectivity index (χ1n) is 4.28.